The van der Waals surface area contributed by atoms with Gasteiger partial charge in [-0.2, -0.15) is 0 Å². The van der Waals surface area contributed by atoms with Crippen LogP contribution in [0.5, 0.6) is 0 Å². The number of aliphatic hydroxyl groups is 1. The Morgan fingerprint density at radius 1 is 1.17 bits per heavy atom. The number of aliphatic hydroxyl groups excluding tert-OH is 1. The number of aromatic nitrogens is 1. The Hall–Kier alpha value is -1.40. The van der Waals surface area contributed by atoms with Crippen molar-refractivity contribution in [2.75, 3.05) is 26.2 Å². The fourth-order valence-electron chi connectivity index (χ4n) is 4.99. The van der Waals surface area contributed by atoms with Crippen LogP contribution in [0.4, 0.5) is 0 Å². The van der Waals surface area contributed by atoms with Gasteiger partial charge in [-0.3, -0.25) is 9.69 Å². The van der Waals surface area contributed by atoms with Crippen molar-refractivity contribution < 1.29 is 14.4 Å². The number of likely N-dealkylation sites (tertiary alicyclic amines) is 2. The molecule has 0 bridgehead atoms. The van der Waals surface area contributed by atoms with Crippen LogP contribution in [0.2, 0.25) is 0 Å². The van der Waals surface area contributed by atoms with Crippen LogP contribution < -0.4 is 0 Å². The zero-order valence-corrected chi connectivity index (χ0v) is 14.6. The minimum Gasteiger partial charge on any atom is -0.391 e. The number of fused-ring (bicyclic) bond motifs is 1. The summed E-state index contributed by atoms with van der Waals surface area (Å²) in [5, 5.41) is 14.5. The molecule has 0 spiro atoms. The van der Waals surface area contributed by atoms with Gasteiger partial charge in [0.15, 0.2) is 0 Å². The van der Waals surface area contributed by atoms with Crippen LogP contribution in [0.25, 0.3) is 0 Å². The standard InChI is InChI=1S/C18H27N3O3/c1-11-17(12(2)24-19-11)18(23)21-9-13-7-15(20-5-3-4-6-20)16(22)8-14(13)10-21/h13-16,22H,3-10H2,1-2H3/t13-,14+,15-,16-/m1/s1. The van der Waals surface area contributed by atoms with E-state index in [-0.39, 0.29) is 18.1 Å². The summed E-state index contributed by atoms with van der Waals surface area (Å²) < 4.78 is 5.15. The smallest absolute Gasteiger partial charge is 0.259 e. The zero-order chi connectivity index (χ0) is 16.8. The second-order valence-corrected chi connectivity index (χ2v) is 7.78. The van der Waals surface area contributed by atoms with E-state index in [2.05, 4.69) is 10.1 Å². The molecule has 6 nitrogen and oxygen atoms in total. The molecule has 1 amide bonds. The largest absolute Gasteiger partial charge is 0.391 e. The van der Waals surface area contributed by atoms with Crippen molar-refractivity contribution in [2.24, 2.45) is 11.8 Å². The second-order valence-electron chi connectivity index (χ2n) is 7.78. The molecule has 1 N–H and O–H groups in total. The highest BCUT2D eigenvalue weighted by Crippen LogP contribution is 2.39. The van der Waals surface area contributed by atoms with E-state index in [1.165, 1.54) is 12.8 Å². The van der Waals surface area contributed by atoms with E-state index in [9.17, 15) is 9.90 Å². The lowest BCUT2D eigenvalue weighted by Crippen LogP contribution is -2.48. The van der Waals surface area contributed by atoms with E-state index in [4.69, 9.17) is 4.52 Å². The molecule has 1 saturated carbocycles. The summed E-state index contributed by atoms with van der Waals surface area (Å²) in [6.07, 6.45) is 4.06. The number of hydrogen-bond acceptors (Lipinski definition) is 5. The van der Waals surface area contributed by atoms with Gasteiger partial charge < -0.3 is 14.5 Å². The van der Waals surface area contributed by atoms with Crippen molar-refractivity contribution >= 4 is 5.91 Å². The van der Waals surface area contributed by atoms with Gasteiger partial charge in [0.25, 0.3) is 5.91 Å². The number of rotatable bonds is 2. The van der Waals surface area contributed by atoms with E-state index in [1.54, 1.807) is 6.92 Å². The molecule has 24 heavy (non-hydrogen) atoms. The number of carbonyl (C=O) groups excluding carboxylic acids is 1. The molecule has 1 aromatic heterocycles. The van der Waals surface area contributed by atoms with Crippen molar-refractivity contribution in [3.05, 3.63) is 17.0 Å². The molecule has 1 aliphatic carbocycles. The predicted octanol–water partition coefficient (Wildman–Crippen LogP) is 1.60. The zero-order valence-electron chi connectivity index (χ0n) is 14.6. The molecular weight excluding hydrogens is 306 g/mol. The molecule has 3 aliphatic rings. The van der Waals surface area contributed by atoms with Crippen LogP contribution in [-0.4, -0.2) is 64.3 Å². The van der Waals surface area contributed by atoms with Gasteiger partial charge in [-0.15, -0.1) is 0 Å². The van der Waals surface area contributed by atoms with Gasteiger partial charge in [-0.05, 0) is 64.5 Å². The minimum atomic E-state index is -0.251. The van der Waals surface area contributed by atoms with Crippen LogP contribution in [0.15, 0.2) is 4.52 Å². The number of aryl methyl sites for hydroxylation is 2. The lowest BCUT2D eigenvalue weighted by Gasteiger charge is -2.40. The quantitative estimate of drug-likeness (QED) is 0.890. The third kappa shape index (κ3) is 2.65. The Kier molecular flexibility index (Phi) is 4.12. The Bertz CT molecular complexity index is 604. The third-order valence-electron chi connectivity index (χ3n) is 6.25. The fourth-order valence-corrected chi connectivity index (χ4v) is 4.99. The van der Waals surface area contributed by atoms with Crippen LogP contribution in [-0.2, 0) is 0 Å². The van der Waals surface area contributed by atoms with Crippen LogP contribution in [0, 0.1) is 25.7 Å². The predicted molar refractivity (Wildman–Crippen MR) is 88.7 cm³/mol. The van der Waals surface area contributed by atoms with Crippen LogP contribution in [0.3, 0.4) is 0 Å². The summed E-state index contributed by atoms with van der Waals surface area (Å²) in [7, 11) is 0. The van der Waals surface area contributed by atoms with Crippen molar-refractivity contribution in [3.8, 4) is 0 Å². The van der Waals surface area contributed by atoms with Crippen molar-refractivity contribution in [1.82, 2.24) is 15.0 Å². The summed E-state index contributed by atoms with van der Waals surface area (Å²) in [6.45, 7) is 7.38. The van der Waals surface area contributed by atoms with E-state index in [0.717, 1.165) is 39.0 Å². The monoisotopic (exact) mass is 333 g/mol. The molecule has 0 radical (unpaired) electrons. The van der Waals surface area contributed by atoms with Crippen molar-refractivity contribution in [3.63, 3.8) is 0 Å². The number of carbonyl (C=O) groups is 1. The molecular formula is C18H27N3O3. The first-order chi connectivity index (χ1) is 11.5. The maximum atomic E-state index is 12.9. The molecule has 3 heterocycles. The van der Waals surface area contributed by atoms with E-state index in [0.29, 0.717) is 28.9 Å². The highest BCUT2D eigenvalue weighted by Gasteiger charge is 2.45. The summed E-state index contributed by atoms with van der Waals surface area (Å²) in [4.78, 5) is 17.3. The molecule has 2 saturated heterocycles. The summed E-state index contributed by atoms with van der Waals surface area (Å²) in [5.41, 5.74) is 1.28. The molecule has 3 fully saturated rings. The number of hydrogen-bond donors (Lipinski definition) is 1. The van der Waals surface area contributed by atoms with Crippen molar-refractivity contribution in [1.29, 1.82) is 0 Å². The molecule has 4 rings (SSSR count). The molecule has 4 atom stereocenters. The first-order valence-electron chi connectivity index (χ1n) is 9.19. The SMILES string of the molecule is Cc1noc(C)c1C(=O)N1C[C@H]2C[C@@H](N3CCCC3)[C@H](O)C[C@H]2C1. The first kappa shape index (κ1) is 16.1. The van der Waals surface area contributed by atoms with Gasteiger partial charge in [0.2, 0.25) is 0 Å². The maximum absolute atomic E-state index is 12.9. The third-order valence-corrected chi connectivity index (χ3v) is 6.25. The molecule has 0 unspecified atom stereocenters. The first-order valence-corrected chi connectivity index (χ1v) is 9.19. The molecule has 6 heteroatoms. The highest BCUT2D eigenvalue weighted by molar-refractivity contribution is 5.96. The normalized spacial score (nSPS) is 33.9. The Labute approximate surface area is 142 Å². The van der Waals surface area contributed by atoms with E-state index in [1.807, 2.05) is 11.8 Å². The van der Waals surface area contributed by atoms with Gasteiger partial charge >= 0.3 is 0 Å². The van der Waals surface area contributed by atoms with Crippen LogP contribution >= 0.6 is 0 Å². The van der Waals surface area contributed by atoms with E-state index >= 15 is 0 Å². The maximum Gasteiger partial charge on any atom is 0.259 e. The Morgan fingerprint density at radius 2 is 1.83 bits per heavy atom. The molecule has 132 valence electrons. The molecule has 1 aromatic rings. The lowest BCUT2D eigenvalue weighted by molar-refractivity contribution is -0.000865. The topological polar surface area (TPSA) is 69.8 Å². The van der Waals surface area contributed by atoms with Gasteiger partial charge in [0.1, 0.15) is 11.3 Å². The highest BCUT2D eigenvalue weighted by atomic mass is 16.5. The average Bonchev–Trinajstić information content (AvgIpc) is 3.26. The van der Waals surface area contributed by atoms with Gasteiger partial charge in [-0.25, -0.2) is 0 Å². The van der Waals surface area contributed by atoms with Gasteiger partial charge in [0.05, 0.1) is 11.8 Å². The molecule has 0 aromatic carbocycles. The van der Waals surface area contributed by atoms with Crippen molar-refractivity contribution in [2.45, 2.75) is 51.7 Å². The van der Waals surface area contributed by atoms with E-state index < -0.39 is 0 Å². The second kappa shape index (κ2) is 6.15. The number of amides is 1. The number of nitrogens with zero attached hydrogens (tertiary/aromatic N) is 3. The van der Waals surface area contributed by atoms with Gasteiger partial charge in [0, 0.05) is 19.1 Å². The summed E-state index contributed by atoms with van der Waals surface area (Å²) in [6, 6.07) is 0.280. The molecule has 2 aliphatic heterocycles. The van der Waals surface area contributed by atoms with Gasteiger partial charge in [-0.1, -0.05) is 5.16 Å². The summed E-state index contributed by atoms with van der Waals surface area (Å²) in [5.74, 6) is 1.56. The Balaban J connectivity index is 1.47. The Morgan fingerprint density at radius 3 is 2.46 bits per heavy atom. The lowest BCUT2D eigenvalue weighted by atomic mass is 9.77. The summed E-state index contributed by atoms with van der Waals surface area (Å²) >= 11 is 0. The van der Waals surface area contributed by atoms with Crippen LogP contribution in [0.1, 0.15) is 47.5 Å². The average molecular weight is 333 g/mol. The fraction of sp³-hybridized carbons (Fsp3) is 0.778. The minimum absolute atomic E-state index is 0.0351.